The highest BCUT2D eigenvalue weighted by Crippen LogP contribution is 2.58. The second-order valence-electron chi connectivity index (χ2n) is 21.2. The number of para-hydroxylation sites is 2. The van der Waals surface area contributed by atoms with E-state index < -0.39 is 0 Å². The molecule has 3 nitrogen and oxygen atoms in total. The maximum absolute atomic E-state index is 7.63. The molecule has 0 atom stereocenters. The van der Waals surface area contributed by atoms with Gasteiger partial charge in [0.1, 0.15) is 5.58 Å². The van der Waals surface area contributed by atoms with Crippen LogP contribution >= 0.6 is 0 Å². The van der Waals surface area contributed by atoms with Crippen molar-refractivity contribution in [1.29, 1.82) is 0 Å². The van der Waals surface area contributed by atoms with Crippen molar-refractivity contribution >= 4 is 68.1 Å². The number of rotatable bonds is 2. The van der Waals surface area contributed by atoms with Crippen LogP contribution in [0.25, 0.3) is 44.0 Å². The third-order valence-electron chi connectivity index (χ3n) is 15.2. The Morgan fingerprint density at radius 1 is 0.541 bits per heavy atom. The van der Waals surface area contributed by atoms with Gasteiger partial charge in [0.05, 0.1) is 11.4 Å². The zero-order valence-corrected chi connectivity index (χ0v) is 37.0. The summed E-state index contributed by atoms with van der Waals surface area (Å²) < 4.78 is 7.63. The second kappa shape index (κ2) is 12.1. The standard InChI is InChI=1S/C57H53BN2O/c1-54(2,3)36-26-27-46(39(31-36)34-18-11-10-12-19-34)59-52-37-21-14-13-20-35(37)30-40-38-22-17-24-43-51(38)60(47-25-16-15-23-42(47)57(43,8)9)58(49(40)52)50-41-32-44-45(33-48(41)61-53(50)59)56(6,7)29-28-55(44,4)5/h10-27,30-33H,28-29H2,1-9H3. The molecule has 0 bridgehead atoms. The van der Waals surface area contributed by atoms with Gasteiger partial charge in [-0.1, -0.05) is 159 Å². The molecule has 8 aromatic rings. The van der Waals surface area contributed by atoms with Gasteiger partial charge in [-0.2, -0.15) is 0 Å². The molecule has 1 aromatic heterocycles. The summed E-state index contributed by atoms with van der Waals surface area (Å²) in [6.07, 6.45) is 2.30. The topological polar surface area (TPSA) is 19.6 Å². The van der Waals surface area contributed by atoms with Gasteiger partial charge in [-0.05, 0) is 115 Å². The molecule has 4 heteroatoms. The molecule has 0 saturated carbocycles. The molecule has 7 aromatic carbocycles. The maximum Gasteiger partial charge on any atom is 0.337 e. The van der Waals surface area contributed by atoms with Crippen LogP contribution in [-0.4, -0.2) is 6.85 Å². The Balaban J connectivity index is 1.29. The van der Waals surface area contributed by atoms with Crippen molar-refractivity contribution in [3.8, 4) is 22.3 Å². The fourth-order valence-corrected chi connectivity index (χ4v) is 11.7. The van der Waals surface area contributed by atoms with Gasteiger partial charge in [0.15, 0.2) is 0 Å². The SMILES string of the molecule is CC(C)(C)c1ccc(N2c3oc4cc5c(cc4c3B3c4c(cc6ccccc6c42)-c2cccc4c2N3c2ccccc2C4(C)C)C(C)(C)CCC5(C)C)c(-c2ccccc2)c1. The summed E-state index contributed by atoms with van der Waals surface area (Å²) in [5, 5.41) is 3.67. The monoisotopic (exact) mass is 792 g/mol. The minimum atomic E-state index is -0.189. The number of anilines is 5. The van der Waals surface area contributed by atoms with Gasteiger partial charge in [-0.25, -0.2) is 0 Å². The molecule has 3 aliphatic heterocycles. The van der Waals surface area contributed by atoms with Gasteiger partial charge < -0.3 is 9.23 Å². The summed E-state index contributed by atoms with van der Waals surface area (Å²) in [5.41, 5.74) is 20.2. The fraction of sp³-hybridized carbons (Fsp3) is 0.263. The van der Waals surface area contributed by atoms with Gasteiger partial charge in [0.25, 0.3) is 0 Å². The molecular weight excluding hydrogens is 739 g/mol. The van der Waals surface area contributed by atoms with Gasteiger partial charge in [0, 0.05) is 44.2 Å². The lowest BCUT2D eigenvalue weighted by Gasteiger charge is -2.50. The average Bonchev–Trinajstić information content (AvgIpc) is 3.63. The molecule has 1 aliphatic carbocycles. The summed E-state index contributed by atoms with van der Waals surface area (Å²) in [7, 11) is 0. The lowest BCUT2D eigenvalue weighted by atomic mass is 9.42. The minimum Gasteiger partial charge on any atom is -0.440 e. The normalized spacial score (nSPS) is 17.4. The predicted molar refractivity (Wildman–Crippen MR) is 259 cm³/mol. The highest BCUT2D eigenvalue weighted by molar-refractivity contribution is 6.95. The smallest absolute Gasteiger partial charge is 0.337 e. The lowest BCUT2D eigenvalue weighted by molar-refractivity contribution is 0.332. The third-order valence-corrected chi connectivity index (χ3v) is 15.2. The number of fused-ring (bicyclic) bond motifs is 11. The number of benzene rings is 7. The van der Waals surface area contributed by atoms with Crippen LogP contribution in [0.1, 0.15) is 103 Å². The lowest BCUT2D eigenvalue weighted by Crippen LogP contribution is -2.62. The molecule has 61 heavy (non-hydrogen) atoms. The van der Waals surface area contributed by atoms with Crippen molar-refractivity contribution in [2.45, 2.75) is 96.8 Å². The van der Waals surface area contributed by atoms with Crippen LogP contribution in [-0.2, 0) is 21.7 Å². The van der Waals surface area contributed by atoms with E-state index in [1.165, 1.54) is 94.2 Å². The van der Waals surface area contributed by atoms with Gasteiger partial charge in [-0.15, -0.1) is 0 Å². The first-order chi connectivity index (χ1) is 29.1. The van der Waals surface area contributed by atoms with E-state index in [9.17, 15) is 0 Å². The first kappa shape index (κ1) is 36.8. The second-order valence-corrected chi connectivity index (χ2v) is 21.2. The van der Waals surface area contributed by atoms with Gasteiger partial charge >= 0.3 is 6.85 Å². The highest BCUT2D eigenvalue weighted by Gasteiger charge is 2.53. The van der Waals surface area contributed by atoms with E-state index in [1.54, 1.807) is 0 Å². The Morgan fingerprint density at radius 3 is 2.00 bits per heavy atom. The minimum absolute atomic E-state index is 0.0340. The molecule has 12 rings (SSSR count). The van der Waals surface area contributed by atoms with E-state index in [0.29, 0.717) is 0 Å². The largest absolute Gasteiger partial charge is 0.440 e. The van der Waals surface area contributed by atoms with E-state index in [2.05, 4.69) is 205 Å². The van der Waals surface area contributed by atoms with Crippen molar-refractivity contribution < 1.29 is 4.42 Å². The summed E-state index contributed by atoms with van der Waals surface area (Å²) in [4.78, 5) is 5.25. The summed E-state index contributed by atoms with van der Waals surface area (Å²) >= 11 is 0. The van der Waals surface area contributed by atoms with E-state index in [1.807, 2.05) is 0 Å². The maximum atomic E-state index is 7.63. The van der Waals surface area contributed by atoms with Crippen LogP contribution in [0, 0.1) is 0 Å². The molecule has 0 radical (unpaired) electrons. The van der Waals surface area contributed by atoms with E-state index in [0.717, 1.165) is 30.0 Å². The Morgan fingerprint density at radius 2 is 1.23 bits per heavy atom. The Bertz CT molecular complexity index is 3180. The van der Waals surface area contributed by atoms with E-state index in [4.69, 9.17) is 4.42 Å². The Labute approximate surface area is 361 Å². The van der Waals surface area contributed by atoms with Crippen molar-refractivity contribution in [1.82, 2.24) is 0 Å². The molecule has 0 saturated heterocycles. The first-order valence-corrected chi connectivity index (χ1v) is 22.3. The number of hydrogen-bond acceptors (Lipinski definition) is 3. The zero-order valence-electron chi connectivity index (χ0n) is 37.0. The molecule has 300 valence electrons. The van der Waals surface area contributed by atoms with E-state index in [-0.39, 0.29) is 28.5 Å². The van der Waals surface area contributed by atoms with Crippen LogP contribution < -0.4 is 20.6 Å². The van der Waals surface area contributed by atoms with Crippen LogP contribution in [0.4, 0.5) is 28.6 Å². The van der Waals surface area contributed by atoms with Gasteiger partial charge in [-0.3, -0.25) is 4.90 Å². The zero-order chi connectivity index (χ0) is 42.0. The Kier molecular flexibility index (Phi) is 7.30. The third kappa shape index (κ3) is 4.94. The van der Waals surface area contributed by atoms with Crippen molar-refractivity contribution in [3.05, 3.63) is 161 Å². The molecule has 0 N–H and O–H groups in total. The predicted octanol–water partition coefficient (Wildman–Crippen LogP) is 14.2. The van der Waals surface area contributed by atoms with E-state index >= 15 is 0 Å². The number of hydrogen-bond donors (Lipinski definition) is 0. The quantitative estimate of drug-likeness (QED) is 0.163. The average molecular weight is 793 g/mol. The van der Waals surface area contributed by atoms with Crippen LogP contribution in [0.5, 0.6) is 0 Å². The Hall–Kier alpha value is -6.00. The van der Waals surface area contributed by atoms with Crippen molar-refractivity contribution in [2.75, 3.05) is 9.71 Å². The molecule has 0 unspecified atom stereocenters. The molecular formula is C57H53BN2O. The fourth-order valence-electron chi connectivity index (χ4n) is 11.7. The first-order valence-electron chi connectivity index (χ1n) is 22.3. The molecule has 4 heterocycles. The molecule has 0 amide bonds. The van der Waals surface area contributed by atoms with Crippen LogP contribution in [0.3, 0.4) is 0 Å². The van der Waals surface area contributed by atoms with Crippen molar-refractivity contribution in [3.63, 3.8) is 0 Å². The number of nitrogens with zero attached hydrogens (tertiary/aromatic N) is 2. The summed E-state index contributed by atoms with van der Waals surface area (Å²) in [5.74, 6) is 0.914. The van der Waals surface area contributed by atoms with Crippen LogP contribution in [0.15, 0.2) is 138 Å². The summed E-state index contributed by atoms with van der Waals surface area (Å²) in [6.45, 7) is 21.4. The summed E-state index contributed by atoms with van der Waals surface area (Å²) in [6, 6.07) is 50.8. The van der Waals surface area contributed by atoms with Crippen molar-refractivity contribution in [2.24, 2.45) is 0 Å². The number of furan rings is 1. The highest BCUT2D eigenvalue weighted by atomic mass is 16.4. The molecule has 0 spiro atoms. The van der Waals surface area contributed by atoms with Crippen LogP contribution in [0.2, 0.25) is 0 Å². The molecule has 4 aliphatic rings. The molecule has 0 fully saturated rings. The van der Waals surface area contributed by atoms with Gasteiger partial charge in [0.2, 0.25) is 5.88 Å².